The number of ether oxygens (including phenoxy) is 2. The van der Waals surface area contributed by atoms with E-state index in [9.17, 15) is 13.2 Å². The number of rotatable bonds is 10. The Morgan fingerprint density at radius 3 is 2.61 bits per heavy atom. The Morgan fingerprint density at radius 1 is 1.21 bits per heavy atom. The SMILES string of the molecule is CCCCN(C)Cc1cn[nH]c1-c1cc(C(F)(F)F)cc(OCCOC)c1C. The van der Waals surface area contributed by atoms with Gasteiger partial charge in [0.05, 0.1) is 24.1 Å². The van der Waals surface area contributed by atoms with E-state index in [1.807, 2.05) is 7.05 Å². The lowest BCUT2D eigenvalue weighted by atomic mass is 9.98. The van der Waals surface area contributed by atoms with Gasteiger partial charge in [-0.2, -0.15) is 18.3 Å². The second kappa shape index (κ2) is 9.93. The van der Waals surface area contributed by atoms with Gasteiger partial charge in [-0.3, -0.25) is 5.10 Å². The fourth-order valence-corrected chi connectivity index (χ4v) is 2.96. The average molecular weight is 399 g/mol. The van der Waals surface area contributed by atoms with Crippen LogP contribution in [0.15, 0.2) is 18.3 Å². The van der Waals surface area contributed by atoms with Crippen molar-refractivity contribution in [2.24, 2.45) is 0 Å². The molecule has 0 atom stereocenters. The van der Waals surface area contributed by atoms with Gasteiger partial charge in [-0.1, -0.05) is 13.3 Å². The van der Waals surface area contributed by atoms with Gasteiger partial charge in [0.1, 0.15) is 12.4 Å². The molecule has 0 aliphatic carbocycles. The molecule has 1 aromatic carbocycles. The van der Waals surface area contributed by atoms with Gasteiger partial charge in [0.2, 0.25) is 0 Å². The number of H-pyrrole nitrogens is 1. The Morgan fingerprint density at radius 2 is 1.96 bits per heavy atom. The Hall–Kier alpha value is -2.06. The van der Waals surface area contributed by atoms with Gasteiger partial charge in [-0.25, -0.2) is 0 Å². The summed E-state index contributed by atoms with van der Waals surface area (Å²) in [7, 11) is 3.50. The fourth-order valence-electron chi connectivity index (χ4n) is 2.96. The quantitative estimate of drug-likeness (QED) is 0.591. The molecular weight excluding hydrogens is 371 g/mol. The van der Waals surface area contributed by atoms with Crippen molar-refractivity contribution in [1.82, 2.24) is 15.1 Å². The largest absolute Gasteiger partial charge is 0.491 e. The molecule has 0 unspecified atom stereocenters. The van der Waals surface area contributed by atoms with Gasteiger partial charge in [0, 0.05) is 30.3 Å². The summed E-state index contributed by atoms with van der Waals surface area (Å²) in [5.41, 5.74) is 1.76. The molecule has 2 rings (SSSR count). The van der Waals surface area contributed by atoms with Crippen LogP contribution in [-0.4, -0.2) is 49.0 Å². The highest BCUT2D eigenvalue weighted by Crippen LogP contribution is 2.39. The van der Waals surface area contributed by atoms with E-state index >= 15 is 0 Å². The maximum atomic E-state index is 13.4. The van der Waals surface area contributed by atoms with Crippen molar-refractivity contribution in [3.63, 3.8) is 0 Å². The smallest absolute Gasteiger partial charge is 0.416 e. The average Bonchev–Trinajstić information content (AvgIpc) is 3.08. The zero-order valence-electron chi connectivity index (χ0n) is 16.8. The monoisotopic (exact) mass is 399 g/mol. The minimum absolute atomic E-state index is 0.174. The summed E-state index contributed by atoms with van der Waals surface area (Å²) in [6.07, 6.45) is -0.663. The maximum Gasteiger partial charge on any atom is 0.416 e. The summed E-state index contributed by atoms with van der Waals surface area (Å²) in [6, 6.07) is 2.19. The standard InChI is InChI=1S/C20H28F3N3O2/c1-5-6-7-26(3)13-15-12-24-25-19(15)17-10-16(20(21,22)23)11-18(14(17)2)28-9-8-27-4/h10-12H,5-9,13H2,1-4H3,(H,24,25). The number of aromatic nitrogens is 2. The lowest BCUT2D eigenvalue weighted by Crippen LogP contribution is -2.19. The molecule has 1 aromatic heterocycles. The highest BCUT2D eigenvalue weighted by atomic mass is 19.4. The minimum atomic E-state index is -4.47. The number of hydrogen-bond donors (Lipinski definition) is 1. The molecule has 0 amide bonds. The third-order valence-corrected chi connectivity index (χ3v) is 4.55. The van der Waals surface area contributed by atoms with Crippen molar-refractivity contribution < 1.29 is 22.6 Å². The van der Waals surface area contributed by atoms with Gasteiger partial charge in [-0.05, 0) is 39.1 Å². The molecular formula is C20H28F3N3O2. The van der Waals surface area contributed by atoms with E-state index in [1.54, 1.807) is 13.1 Å². The van der Waals surface area contributed by atoms with Crippen molar-refractivity contribution in [2.45, 2.75) is 39.4 Å². The van der Waals surface area contributed by atoms with Crippen molar-refractivity contribution >= 4 is 0 Å². The first-order chi connectivity index (χ1) is 13.3. The molecule has 0 fully saturated rings. The van der Waals surface area contributed by atoms with Crippen LogP contribution in [0, 0.1) is 6.92 Å². The first kappa shape index (κ1) is 22.2. The zero-order chi connectivity index (χ0) is 20.7. The molecule has 0 aliphatic heterocycles. The number of alkyl halides is 3. The molecule has 0 radical (unpaired) electrons. The minimum Gasteiger partial charge on any atom is -0.491 e. The van der Waals surface area contributed by atoms with Gasteiger partial charge in [0.15, 0.2) is 0 Å². The molecule has 156 valence electrons. The molecule has 5 nitrogen and oxygen atoms in total. The molecule has 8 heteroatoms. The third kappa shape index (κ3) is 5.72. The van der Waals surface area contributed by atoms with Crippen LogP contribution in [-0.2, 0) is 17.5 Å². The van der Waals surface area contributed by atoms with Crippen LogP contribution in [0.2, 0.25) is 0 Å². The zero-order valence-corrected chi connectivity index (χ0v) is 16.8. The molecule has 2 aromatic rings. The van der Waals surface area contributed by atoms with E-state index in [-0.39, 0.29) is 12.4 Å². The second-order valence-corrected chi connectivity index (χ2v) is 6.85. The number of unbranched alkanes of at least 4 members (excludes halogenated alkanes) is 1. The Bertz CT molecular complexity index is 760. The first-order valence-corrected chi connectivity index (χ1v) is 9.32. The molecule has 0 saturated heterocycles. The summed E-state index contributed by atoms with van der Waals surface area (Å²) >= 11 is 0. The van der Waals surface area contributed by atoms with E-state index in [1.165, 1.54) is 7.11 Å². The van der Waals surface area contributed by atoms with Gasteiger partial charge < -0.3 is 14.4 Å². The number of aromatic amines is 1. The molecule has 1 heterocycles. The summed E-state index contributed by atoms with van der Waals surface area (Å²) in [5, 5.41) is 6.95. The number of nitrogens with one attached hydrogen (secondary N) is 1. The van der Waals surface area contributed by atoms with Crippen LogP contribution in [0.4, 0.5) is 13.2 Å². The highest BCUT2D eigenvalue weighted by molar-refractivity contribution is 5.70. The normalized spacial score (nSPS) is 12.0. The van der Waals surface area contributed by atoms with Crippen LogP contribution >= 0.6 is 0 Å². The molecule has 28 heavy (non-hydrogen) atoms. The third-order valence-electron chi connectivity index (χ3n) is 4.55. The van der Waals surface area contributed by atoms with Gasteiger partial charge in [0.25, 0.3) is 0 Å². The molecule has 0 saturated carbocycles. The first-order valence-electron chi connectivity index (χ1n) is 9.32. The van der Waals surface area contributed by atoms with Crippen LogP contribution < -0.4 is 4.74 Å². The van der Waals surface area contributed by atoms with E-state index in [4.69, 9.17) is 9.47 Å². The van der Waals surface area contributed by atoms with Gasteiger partial charge >= 0.3 is 6.18 Å². The number of benzene rings is 1. The van der Waals surface area contributed by atoms with Crippen molar-refractivity contribution in [2.75, 3.05) is 33.9 Å². The number of hydrogen-bond acceptors (Lipinski definition) is 4. The molecule has 0 spiro atoms. The van der Waals surface area contributed by atoms with E-state index < -0.39 is 11.7 Å². The van der Waals surface area contributed by atoms with Crippen LogP contribution in [0.3, 0.4) is 0 Å². The number of nitrogens with zero attached hydrogens (tertiary/aromatic N) is 2. The Kier molecular flexibility index (Phi) is 7.88. The Balaban J connectivity index is 2.41. The topological polar surface area (TPSA) is 50.4 Å². The van der Waals surface area contributed by atoms with Crippen LogP contribution in [0.1, 0.15) is 36.5 Å². The summed E-state index contributed by atoms with van der Waals surface area (Å²) in [5.74, 6) is 0.196. The Labute approximate surface area is 163 Å². The predicted octanol–water partition coefficient (Wildman–Crippen LogP) is 4.66. The van der Waals surface area contributed by atoms with E-state index in [2.05, 4.69) is 22.0 Å². The van der Waals surface area contributed by atoms with Crippen LogP contribution in [0.5, 0.6) is 5.75 Å². The second-order valence-electron chi connectivity index (χ2n) is 6.85. The molecule has 0 bridgehead atoms. The molecule has 0 aliphatic rings. The number of halogens is 3. The van der Waals surface area contributed by atoms with Crippen LogP contribution in [0.25, 0.3) is 11.3 Å². The summed E-state index contributed by atoms with van der Waals surface area (Å²) in [4.78, 5) is 2.14. The van der Waals surface area contributed by atoms with Crippen molar-refractivity contribution in [1.29, 1.82) is 0 Å². The summed E-state index contributed by atoms with van der Waals surface area (Å²) in [6.45, 7) is 5.85. The van der Waals surface area contributed by atoms with Gasteiger partial charge in [-0.15, -0.1) is 0 Å². The van der Waals surface area contributed by atoms with E-state index in [0.717, 1.165) is 37.1 Å². The van der Waals surface area contributed by atoms with Crippen molar-refractivity contribution in [3.8, 4) is 17.0 Å². The fraction of sp³-hybridized carbons (Fsp3) is 0.550. The lowest BCUT2D eigenvalue weighted by Gasteiger charge is -2.19. The predicted molar refractivity (Wildman–Crippen MR) is 102 cm³/mol. The highest BCUT2D eigenvalue weighted by Gasteiger charge is 2.33. The van der Waals surface area contributed by atoms with E-state index in [0.29, 0.717) is 30.0 Å². The van der Waals surface area contributed by atoms with Crippen molar-refractivity contribution in [3.05, 3.63) is 35.0 Å². The molecule has 1 N–H and O–H groups in total. The maximum absolute atomic E-state index is 13.4. The summed E-state index contributed by atoms with van der Waals surface area (Å²) < 4.78 is 50.8. The lowest BCUT2D eigenvalue weighted by molar-refractivity contribution is -0.137. The number of methoxy groups -OCH3 is 1.